The third-order valence-electron chi connectivity index (χ3n) is 6.15. The summed E-state index contributed by atoms with van der Waals surface area (Å²) in [5.41, 5.74) is 1.20. The van der Waals surface area contributed by atoms with E-state index in [1.54, 1.807) is 22.5 Å². The van der Waals surface area contributed by atoms with Crippen LogP contribution in [0.5, 0.6) is 11.5 Å². The summed E-state index contributed by atoms with van der Waals surface area (Å²) in [6, 6.07) is 4.89. The second kappa shape index (κ2) is 7.32. The Hall–Kier alpha value is -2.06. The summed E-state index contributed by atoms with van der Waals surface area (Å²) in [6.45, 7) is 5.16. The van der Waals surface area contributed by atoms with E-state index in [2.05, 4.69) is 16.5 Å². The van der Waals surface area contributed by atoms with Crippen LogP contribution >= 0.6 is 0 Å². The van der Waals surface area contributed by atoms with Gasteiger partial charge in [0.2, 0.25) is 10.0 Å². The molecule has 29 heavy (non-hydrogen) atoms. The Morgan fingerprint density at radius 1 is 1.10 bits per heavy atom. The number of hydrogen-bond acceptors (Lipinski definition) is 5. The molecule has 1 aromatic carbocycles. The van der Waals surface area contributed by atoms with E-state index >= 15 is 0 Å². The number of benzene rings is 1. The highest BCUT2D eigenvalue weighted by Crippen LogP contribution is 2.35. The van der Waals surface area contributed by atoms with Crippen molar-refractivity contribution in [3.63, 3.8) is 0 Å². The molecule has 2 fully saturated rings. The molecule has 0 amide bonds. The zero-order chi connectivity index (χ0) is 20.0. The predicted octanol–water partition coefficient (Wildman–Crippen LogP) is 2.63. The first-order valence-corrected chi connectivity index (χ1v) is 11.9. The van der Waals surface area contributed by atoms with Gasteiger partial charge in [0.15, 0.2) is 11.5 Å². The Labute approximate surface area is 171 Å². The van der Waals surface area contributed by atoms with Gasteiger partial charge in [0, 0.05) is 44.0 Å². The summed E-state index contributed by atoms with van der Waals surface area (Å²) in [6.07, 6.45) is 6.24. The zero-order valence-corrected chi connectivity index (χ0v) is 17.5. The van der Waals surface area contributed by atoms with E-state index in [1.807, 2.05) is 6.20 Å². The lowest BCUT2D eigenvalue weighted by Crippen LogP contribution is -2.29. The molecule has 0 N–H and O–H groups in total. The van der Waals surface area contributed by atoms with Gasteiger partial charge in [0.05, 0.1) is 4.90 Å². The molecule has 0 bridgehead atoms. The minimum absolute atomic E-state index is 0.272. The molecule has 1 atom stereocenters. The van der Waals surface area contributed by atoms with Gasteiger partial charge in [-0.15, -0.1) is 0 Å². The van der Waals surface area contributed by atoms with E-state index in [1.165, 1.54) is 18.5 Å². The smallest absolute Gasteiger partial charge is 0.243 e. The molecule has 3 aliphatic rings. The Balaban J connectivity index is 1.29. The van der Waals surface area contributed by atoms with Gasteiger partial charge in [-0.1, -0.05) is 0 Å². The standard InChI is InChI=1S/C21H27N3O4S/c1-15-12-22-21(24(15)14-16-2-3-16)10-17-6-7-23(13-17)29(25,26)18-4-5-19-20(11-18)28-9-8-27-19/h4-5,11-12,16-17H,2-3,6-10,13-14H2,1H3. The molecule has 1 saturated carbocycles. The van der Waals surface area contributed by atoms with Crippen molar-refractivity contribution in [1.29, 1.82) is 0 Å². The number of ether oxygens (including phenoxy) is 2. The van der Waals surface area contributed by atoms with Gasteiger partial charge in [-0.3, -0.25) is 0 Å². The van der Waals surface area contributed by atoms with E-state index in [4.69, 9.17) is 9.47 Å². The summed E-state index contributed by atoms with van der Waals surface area (Å²) >= 11 is 0. The average molecular weight is 418 g/mol. The lowest BCUT2D eigenvalue weighted by molar-refractivity contribution is 0.171. The summed E-state index contributed by atoms with van der Waals surface area (Å²) in [5.74, 6) is 3.29. The highest BCUT2D eigenvalue weighted by Gasteiger charge is 2.34. The van der Waals surface area contributed by atoms with Crippen LogP contribution in [0.25, 0.3) is 0 Å². The number of nitrogens with zero attached hydrogens (tertiary/aromatic N) is 3. The van der Waals surface area contributed by atoms with Crippen molar-refractivity contribution < 1.29 is 17.9 Å². The monoisotopic (exact) mass is 417 g/mol. The van der Waals surface area contributed by atoms with Gasteiger partial charge in [-0.05, 0) is 50.2 Å². The molecule has 1 saturated heterocycles. The van der Waals surface area contributed by atoms with Crippen LogP contribution in [0.4, 0.5) is 0 Å². The highest BCUT2D eigenvalue weighted by molar-refractivity contribution is 7.89. The van der Waals surface area contributed by atoms with Gasteiger partial charge in [-0.25, -0.2) is 13.4 Å². The molecule has 3 heterocycles. The van der Waals surface area contributed by atoms with Crippen molar-refractivity contribution in [2.75, 3.05) is 26.3 Å². The lowest BCUT2D eigenvalue weighted by Gasteiger charge is -2.21. The first kappa shape index (κ1) is 18.9. The highest BCUT2D eigenvalue weighted by atomic mass is 32.2. The molecular weight excluding hydrogens is 390 g/mol. The Morgan fingerprint density at radius 3 is 2.69 bits per heavy atom. The maximum atomic E-state index is 13.2. The average Bonchev–Trinajstić information content (AvgIpc) is 3.32. The fourth-order valence-corrected chi connectivity index (χ4v) is 5.80. The first-order valence-electron chi connectivity index (χ1n) is 10.4. The number of hydrogen-bond donors (Lipinski definition) is 0. The van der Waals surface area contributed by atoms with Crippen molar-refractivity contribution in [1.82, 2.24) is 13.9 Å². The van der Waals surface area contributed by atoms with Crippen LogP contribution in [0.1, 0.15) is 30.8 Å². The van der Waals surface area contributed by atoms with Gasteiger partial charge < -0.3 is 14.0 Å². The molecule has 0 spiro atoms. The first-order chi connectivity index (χ1) is 14.0. The predicted molar refractivity (Wildman–Crippen MR) is 108 cm³/mol. The van der Waals surface area contributed by atoms with Crippen LogP contribution < -0.4 is 9.47 Å². The van der Waals surface area contributed by atoms with Crippen LogP contribution in [-0.4, -0.2) is 48.6 Å². The molecule has 8 heteroatoms. The Morgan fingerprint density at radius 2 is 1.90 bits per heavy atom. The van der Waals surface area contributed by atoms with E-state index in [0.29, 0.717) is 43.7 Å². The maximum Gasteiger partial charge on any atom is 0.243 e. The van der Waals surface area contributed by atoms with Gasteiger partial charge >= 0.3 is 0 Å². The quantitative estimate of drug-likeness (QED) is 0.722. The van der Waals surface area contributed by atoms with Crippen molar-refractivity contribution in [2.45, 2.75) is 44.0 Å². The van der Waals surface area contributed by atoms with Crippen LogP contribution in [0, 0.1) is 18.8 Å². The van der Waals surface area contributed by atoms with Gasteiger partial charge in [0.25, 0.3) is 0 Å². The summed E-state index contributed by atoms with van der Waals surface area (Å²) in [5, 5.41) is 0. The zero-order valence-electron chi connectivity index (χ0n) is 16.7. The third kappa shape index (κ3) is 3.75. The number of aromatic nitrogens is 2. The van der Waals surface area contributed by atoms with Crippen molar-refractivity contribution in [2.24, 2.45) is 11.8 Å². The molecule has 1 aromatic heterocycles. The minimum atomic E-state index is -3.54. The second-order valence-electron chi connectivity index (χ2n) is 8.40. The second-order valence-corrected chi connectivity index (χ2v) is 10.3. The van der Waals surface area contributed by atoms with Crippen molar-refractivity contribution >= 4 is 10.0 Å². The summed E-state index contributed by atoms with van der Waals surface area (Å²) in [7, 11) is -3.54. The van der Waals surface area contributed by atoms with Crippen LogP contribution in [0.3, 0.4) is 0 Å². The van der Waals surface area contributed by atoms with Crippen LogP contribution in [0.2, 0.25) is 0 Å². The minimum Gasteiger partial charge on any atom is -0.486 e. The van der Waals surface area contributed by atoms with Gasteiger partial charge in [-0.2, -0.15) is 4.31 Å². The van der Waals surface area contributed by atoms with E-state index in [9.17, 15) is 8.42 Å². The largest absolute Gasteiger partial charge is 0.486 e. The topological polar surface area (TPSA) is 73.7 Å². The SMILES string of the molecule is Cc1cnc(CC2CCN(S(=O)(=O)c3ccc4c(c3)OCCO4)C2)n1CC1CC1. The molecule has 0 radical (unpaired) electrons. The summed E-state index contributed by atoms with van der Waals surface area (Å²) in [4.78, 5) is 4.89. The van der Waals surface area contributed by atoms with Gasteiger partial charge in [0.1, 0.15) is 19.0 Å². The number of aryl methyl sites for hydroxylation is 1. The number of sulfonamides is 1. The molecular formula is C21H27N3O4S. The fourth-order valence-electron chi connectivity index (χ4n) is 4.26. The molecule has 7 nitrogen and oxygen atoms in total. The van der Waals surface area contributed by atoms with Crippen LogP contribution in [0.15, 0.2) is 29.3 Å². The molecule has 1 unspecified atom stereocenters. The lowest BCUT2D eigenvalue weighted by atomic mass is 10.0. The third-order valence-corrected chi connectivity index (χ3v) is 8.01. The number of fused-ring (bicyclic) bond motifs is 1. The molecule has 2 aromatic rings. The summed E-state index contributed by atoms with van der Waals surface area (Å²) < 4.78 is 41.3. The molecule has 2 aliphatic heterocycles. The normalized spacial score (nSPS) is 22.2. The maximum absolute atomic E-state index is 13.2. The Kier molecular flexibility index (Phi) is 4.78. The van der Waals surface area contributed by atoms with E-state index in [-0.39, 0.29) is 4.90 Å². The van der Waals surface area contributed by atoms with Crippen molar-refractivity contribution in [3.05, 3.63) is 35.9 Å². The van der Waals surface area contributed by atoms with Crippen molar-refractivity contribution in [3.8, 4) is 11.5 Å². The van der Waals surface area contributed by atoms with E-state index in [0.717, 1.165) is 31.1 Å². The van der Waals surface area contributed by atoms with E-state index < -0.39 is 10.0 Å². The molecule has 5 rings (SSSR count). The number of rotatable bonds is 6. The number of imidazole rings is 1. The Bertz CT molecular complexity index is 1010. The molecule has 1 aliphatic carbocycles. The molecule has 156 valence electrons. The van der Waals surface area contributed by atoms with Crippen LogP contribution in [-0.2, 0) is 23.0 Å². The fraction of sp³-hybridized carbons (Fsp3) is 0.571.